The summed E-state index contributed by atoms with van der Waals surface area (Å²) < 4.78 is 5.54. The minimum absolute atomic E-state index is 0.221. The highest BCUT2D eigenvalue weighted by atomic mass is 16.4. The van der Waals surface area contributed by atoms with E-state index in [9.17, 15) is 0 Å². The van der Waals surface area contributed by atoms with Crippen LogP contribution >= 0.6 is 0 Å². The molecule has 0 saturated heterocycles. The van der Waals surface area contributed by atoms with Gasteiger partial charge in [0.05, 0.1) is 11.1 Å². The first kappa shape index (κ1) is 11.2. The lowest BCUT2D eigenvalue weighted by Crippen LogP contribution is -1.87. The van der Waals surface area contributed by atoms with Crippen LogP contribution in [0.15, 0.2) is 35.0 Å². The summed E-state index contributed by atoms with van der Waals surface area (Å²) in [6.45, 7) is 0. The van der Waals surface area contributed by atoms with Gasteiger partial charge < -0.3 is 9.73 Å². The number of para-hydroxylation sites is 1. The van der Waals surface area contributed by atoms with E-state index >= 15 is 0 Å². The molecule has 2 aromatic heterocycles. The normalized spacial score (nSPS) is 10.3. The van der Waals surface area contributed by atoms with Gasteiger partial charge in [0.1, 0.15) is 11.6 Å². The third kappa shape index (κ3) is 1.77. The number of nitrogens with one attached hydrogen (secondary N) is 1. The second-order valence-corrected chi connectivity index (χ2v) is 3.79. The van der Waals surface area contributed by atoms with E-state index in [0.717, 1.165) is 5.52 Å². The maximum absolute atomic E-state index is 8.98. The number of aromatic nitrogens is 3. The zero-order valence-electron chi connectivity index (χ0n) is 10.1. The van der Waals surface area contributed by atoms with Crippen LogP contribution in [0.4, 0.5) is 5.88 Å². The predicted octanol–water partition coefficient (Wildman–Crippen LogP) is 2.20. The van der Waals surface area contributed by atoms with Crippen molar-refractivity contribution in [2.45, 2.75) is 0 Å². The molecule has 0 unspecified atom stereocenters. The van der Waals surface area contributed by atoms with Crippen LogP contribution in [-0.4, -0.2) is 22.0 Å². The van der Waals surface area contributed by atoms with Crippen LogP contribution in [0.1, 0.15) is 5.69 Å². The van der Waals surface area contributed by atoms with Gasteiger partial charge in [-0.3, -0.25) is 9.97 Å². The third-order valence-corrected chi connectivity index (χ3v) is 2.69. The van der Waals surface area contributed by atoms with Gasteiger partial charge in [-0.1, -0.05) is 6.07 Å². The average molecular weight is 251 g/mol. The van der Waals surface area contributed by atoms with Crippen LogP contribution in [0.5, 0.6) is 0 Å². The minimum atomic E-state index is 0.221. The molecule has 0 atom stereocenters. The van der Waals surface area contributed by atoms with E-state index in [2.05, 4.69) is 20.3 Å². The molecular formula is C13H9N5O. The van der Waals surface area contributed by atoms with Gasteiger partial charge in [-0.15, -0.1) is 0 Å². The number of fused-ring (bicyclic) bond motifs is 1. The molecule has 0 aliphatic rings. The Bertz CT molecular complexity index is 782. The molecule has 6 nitrogen and oxygen atoms in total. The van der Waals surface area contributed by atoms with Crippen LogP contribution < -0.4 is 5.32 Å². The molecule has 0 fully saturated rings. The zero-order valence-corrected chi connectivity index (χ0v) is 10.1. The summed E-state index contributed by atoms with van der Waals surface area (Å²) >= 11 is 0. The first-order chi connectivity index (χ1) is 9.33. The Balaban J connectivity index is 2.25. The summed E-state index contributed by atoms with van der Waals surface area (Å²) in [6.07, 6.45) is 3.24. The Morgan fingerprint density at radius 2 is 2.11 bits per heavy atom. The average Bonchev–Trinajstić information content (AvgIpc) is 2.89. The topological polar surface area (TPSA) is 87.6 Å². The number of hydrogen-bond acceptors (Lipinski definition) is 6. The summed E-state index contributed by atoms with van der Waals surface area (Å²) in [5.74, 6) is 0.699. The number of nitriles is 1. The molecule has 3 aromatic rings. The monoisotopic (exact) mass is 251 g/mol. The fraction of sp³-hybridized carbons (Fsp3) is 0.0769. The molecule has 92 valence electrons. The lowest BCUT2D eigenvalue weighted by Gasteiger charge is -2.00. The molecule has 0 spiro atoms. The van der Waals surface area contributed by atoms with Crippen LogP contribution in [-0.2, 0) is 0 Å². The number of benzene rings is 1. The molecule has 0 aliphatic heterocycles. The summed E-state index contributed by atoms with van der Waals surface area (Å²) in [4.78, 5) is 12.7. The number of rotatable bonds is 2. The van der Waals surface area contributed by atoms with Crippen LogP contribution in [0.3, 0.4) is 0 Å². The molecule has 1 aromatic carbocycles. The second-order valence-electron chi connectivity index (χ2n) is 3.79. The molecule has 19 heavy (non-hydrogen) atoms. The van der Waals surface area contributed by atoms with E-state index in [4.69, 9.17) is 9.68 Å². The summed E-state index contributed by atoms with van der Waals surface area (Å²) in [5.41, 5.74) is 2.38. The summed E-state index contributed by atoms with van der Waals surface area (Å²) in [7, 11) is 1.67. The maximum atomic E-state index is 8.98. The molecule has 3 rings (SSSR count). The molecule has 2 heterocycles. The fourth-order valence-corrected chi connectivity index (χ4v) is 1.85. The van der Waals surface area contributed by atoms with Crippen LogP contribution in [0.2, 0.25) is 0 Å². The van der Waals surface area contributed by atoms with Gasteiger partial charge in [0.2, 0.25) is 17.5 Å². The molecule has 0 amide bonds. The van der Waals surface area contributed by atoms with E-state index in [1.54, 1.807) is 19.4 Å². The quantitative estimate of drug-likeness (QED) is 0.751. The first-order valence-electron chi connectivity index (χ1n) is 5.62. The Morgan fingerprint density at radius 3 is 2.84 bits per heavy atom. The Kier molecular flexibility index (Phi) is 2.58. The van der Waals surface area contributed by atoms with Crippen molar-refractivity contribution in [2.24, 2.45) is 0 Å². The van der Waals surface area contributed by atoms with Crippen LogP contribution in [0.25, 0.3) is 22.5 Å². The van der Waals surface area contributed by atoms with Crippen molar-refractivity contribution in [2.75, 3.05) is 12.4 Å². The summed E-state index contributed by atoms with van der Waals surface area (Å²) in [6, 6.07) is 7.53. The molecule has 0 bridgehead atoms. The number of hydrogen-bond donors (Lipinski definition) is 1. The van der Waals surface area contributed by atoms with Gasteiger partial charge >= 0.3 is 0 Å². The standard InChI is InChI=1S/C13H9N5O/c1-15-13-10(7-14)18-12(19-13)8-3-2-4-9-11(8)17-6-5-16-9/h2-6,15H,1H3. The Labute approximate surface area is 108 Å². The number of nitrogens with zero attached hydrogens (tertiary/aromatic N) is 4. The van der Waals surface area contributed by atoms with E-state index in [1.165, 1.54) is 0 Å². The van der Waals surface area contributed by atoms with Crippen molar-refractivity contribution in [3.63, 3.8) is 0 Å². The van der Waals surface area contributed by atoms with Gasteiger partial charge in [-0.2, -0.15) is 10.2 Å². The van der Waals surface area contributed by atoms with Gasteiger partial charge in [0.25, 0.3) is 0 Å². The Morgan fingerprint density at radius 1 is 1.26 bits per heavy atom. The molecule has 0 saturated carbocycles. The van der Waals surface area contributed by atoms with Gasteiger partial charge in [0, 0.05) is 19.4 Å². The van der Waals surface area contributed by atoms with Crippen molar-refractivity contribution in [3.05, 3.63) is 36.3 Å². The summed E-state index contributed by atoms with van der Waals surface area (Å²) in [5, 5.41) is 11.8. The Hall–Kier alpha value is -2.94. The molecule has 0 radical (unpaired) electrons. The molecular weight excluding hydrogens is 242 g/mol. The smallest absolute Gasteiger partial charge is 0.232 e. The van der Waals surface area contributed by atoms with Crippen LogP contribution in [0, 0.1) is 11.3 Å². The molecule has 0 aliphatic carbocycles. The van der Waals surface area contributed by atoms with E-state index in [0.29, 0.717) is 22.9 Å². The largest absolute Gasteiger partial charge is 0.419 e. The fourth-order valence-electron chi connectivity index (χ4n) is 1.85. The highest BCUT2D eigenvalue weighted by Crippen LogP contribution is 2.28. The second kappa shape index (κ2) is 4.38. The van der Waals surface area contributed by atoms with Crippen molar-refractivity contribution in [1.29, 1.82) is 5.26 Å². The van der Waals surface area contributed by atoms with Crippen molar-refractivity contribution in [3.8, 4) is 17.5 Å². The van der Waals surface area contributed by atoms with Crippen molar-refractivity contribution < 1.29 is 4.42 Å². The van der Waals surface area contributed by atoms with Gasteiger partial charge in [0.15, 0.2) is 0 Å². The van der Waals surface area contributed by atoms with E-state index in [1.807, 2.05) is 24.3 Å². The third-order valence-electron chi connectivity index (χ3n) is 2.69. The first-order valence-corrected chi connectivity index (χ1v) is 5.62. The van der Waals surface area contributed by atoms with Gasteiger partial charge in [-0.25, -0.2) is 0 Å². The maximum Gasteiger partial charge on any atom is 0.232 e. The van der Waals surface area contributed by atoms with Crippen molar-refractivity contribution >= 4 is 16.9 Å². The number of anilines is 1. The highest BCUT2D eigenvalue weighted by Gasteiger charge is 2.15. The predicted molar refractivity (Wildman–Crippen MR) is 69.3 cm³/mol. The van der Waals surface area contributed by atoms with Crippen molar-refractivity contribution in [1.82, 2.24) is 15.0 Å². The lowest BCUT2D eigenvalue weighted by atomic mass is 10.2. The van der Waals surface area contributed by atoms with Gasteiger partial charge in [-0.05, 0) is 12.1 Å². The number of oxazole rings is 1. The lowest BCUT2D eigenvalue weighted by molar-refractivity contribution is 0.590. The minimum Gasteiger partial charge on any atom is -0.419 e. The molecule has 1 N–H and O–H groups in total. The zero-order chi connectivity index (χ0) is 13.2. The van der Waals surface area contributed by atoms with E-state index < -0.39 is 0 Å². The van der Waals surface area contributed by atoms with E-state index in [-0.39, 0.29) is 5.69 Å². The SMILES string of the molecule is CNc1oc(-c2cccc3nccnc23)nc1C#N. The molecule has 6 heteroatoms. The highest BCUT2D eigenvalue weighted by molar-refractivity contribution is 5.89.